The van der Waals surface area contributed by atoms with Crippen molar-refractivity contribution in [2.24, 2.45) is 5.92 Å². The number of allylic oxidation sites excluding steroid dienone is 3. The van der Waals surface area contributed by atoms with Crippen LogP contribution in [0.25, 0.3) is 0 Å². The van der Waals surface area contributed by atoms with Crippen LogP contribution in [0.5, 0.6) is 0 Å². The van der Waals surface area contributed by atoms with Gasteiger partial charge in [-0.1, -0.05) is 0 Å². The topological polar surface area (TPSA) is 138 Å². The molecule has 0 aliphatic carbocycles. The minimum absolute atomic E-state index is 0.243. The SMILES string of the molecule is CO[C](=[Cr])C1=CC(C)C=C(C)N1C(=O)OC(C)(C)C.[C-]#[O+].[C-]#[O+].[C-]#[O+].[C-]#[O+].[C-]#[O+]. The summed E-state index contributed by atoms with van der Waals surface area (Å²) in [6.45, 7) is 32.0. The Balaban J connectivity index is -0.000000167. The number of nitrogens with zero attached hydrogens (tertiary/aromatic N) is 1. The average Bonchev–Trinajstić information content (AvgIpc) is 2.72. The van der Waals surface area contributed by atoms with Crippen molar-refractivity contribution in [3.8, 4) is 0 Å². The Hall–Kier alpha value is -2.19. The number of hydrogen-bond acceptors (Lipinski definition) is 3. The van der Waals surface area contributed by atoms with Crippen LogP contribution >= 0.6 is 0 Å². The van der Waals surface area contributed by atoms with E-state index in [1.54, 1.807) is 7.11 Å². The first-order valence-electron chi connectivity index (χ1n) is 7.19. The molecule has 1 unspecified atom stereocenters. The van der Waals surface area contributed by atoms with Crippen molar-refractivity contribution >= 4 is 10.7 Å². The zero-order chi connectivity index (χ0) is 24.8. The van der Waals surface area contributed by atoms with Gasteiger partial charge >= 0.3 is 179 Å². The zero-order valence-electron chi connectivity index (χ0n) is 16.9. The Kier molecular flexibility index (Phi) is 30.9. The number of ether oxygens (including phenoxy) is 2. The molecule has 10 heteroatoms. The van der Waals surface area contributed by atoms with Crippen LogP contribution < -0.4 is 0 Å². The van der Waals surface area contributed by atoms with Gasteiger partial charge in [0.2, 0.25) is 0 Å². The second-order valence-electron chi connectivity index (χ2n) is 5.53. The maximum atomic E-state index is 12.3. The first-order valence-corrected chi connectivity index (χ1v) is 7.83. The molecular weight excluding hydrogens is 422 g/mol. The van der Waals surface area contributed by atoms with Crippen LogP contribution in [-0.4, -0.2) is 28.3 Å². The van der Waals surface area contributed by atoms with Crippen LogP contribution in [0, 0.1) is 39.2 Å². The van der Waals surface area contributed by atoms with Gasteiger partial charge in [-0.25, -0.2) is 0 Å². The van der Waals surface area contributed by atoms with E-state index in [0.717, 1.165) is 5.70 Å². The van der Waals surface area contributed by atoms with E-state index in [1.165, 1.54) is 4.90 Å². The molecule has 29 heavy (non-hydrogen) atoms. The minimum atomic E-state index is -0.532. The van der Waals surface area contributed by atoms with E-state index in [2.05, 4.69) is 56.0 Å². The van der Waals surface area contributed by atoms with Crippen LogP contribution in [0.15, 0.2) is 23.5 Å². The summed E-state index contributed by atoms with van der Waals surface area (Å²) in [5.41, 5.74) is 1.00. The first kappa shape index (κ1) is 37.5. The summed E-state index contributed by atoms with van der Waals surface area (Å²) in [5, 5.41) is 0. The molecule has 0 radical (unpaired) electrons. The van der Waals surface area contributed by atoms with Gasteiger partial charge in [0, 0.05) is 0 Å². The van der Waals surface area contributed by atoms with Gasteiger partial charge < -0.3 is 0 Å². The number of carbonyl (C=O) groups is 1. The molecule has 0 N–H and O–H groups in total. The van der Waals surface area contributed by atoms with Crippen molar-refractivity contribution in [3.05, 3.63) is 56.8 Å². The Morgan fingerprint density at radius 3 is 1.69 bits per heavy atom. The van der Waals surface area contributed by atoms with Crippen LogP contribution in [0.1, 0.15) is 34.6 Å². The molecule has 1 atom stereocenters. The van der Waals surface area contributed by atoms with Crippen LogP contribution in [0.2, 0.25) is 0 Å². The van der Waals surface area contributed by atoms with Crippen molar-refractivity contribution < 1.29 is 53.4 Å². The standard InChI is InChI=1S/C14H21NO3.5CO.Cr/c1-10-7-11(2)15(12(8-10)9-17-6)13(16)18-14(3,4)5;5*1-2;/h7-8,10H,1-6H3;;;;;;. The summed E-state index contributed by atoms with van der Waals surface area (Å²) >= 11 is 2.83. The fourth-order valence-corrected chi connectivity index (χ4v) is 2.08. The van der Waals surface area contributed by atoms with Gasteiger partial charge in [0.15, 0.2) is 0 Å². The van der Waals surface area contributed by atoms with Gasteiger partial charge in [0.05, 0.1) is 0 Å². The molecule has 0 saturated heterocycles. The van der Waals surface area contributed by atoms with E-state index in [4.69, 9.17) is 32.7 Å². The fourth-order valence-electron chi connectivity index (χ4n) is 1.83. The zero-order valence-corrected chi connectivity index (χ0v) is 18.1. The molecule has 156 valence electrons. The number of hydrogen-bond donors (Lipinski definition) is 0. The second-order valence-corrected chi connectivity index (χ2v) is 6.11. The third kappa shape index (κ3) is 17.6. The summed E-state index contributed by atoms with van der Waals surface area (Å²) in [4.78, 5) is 13.8. The molecule has 1 heterocycles. The summed E-state index contributed by atoms with van der Waals surface area (Å²) < 4.78 is 48.7. The van der Waals surface area contributed by atoms with Crippen molar-refractivity contribution in [2.75, 3.05) is 7.11 Å². The van der Waals surface area contributed by atoms with E-state index in [0.29, 0.717) is 10.3 Å². The van der Waals surface area contributed by atoms with Crippen molar-refractivity contribution in [1.82, 2.24) is 4.90 Å². The third-order valence-corrected chi connectivity index (χ3v) is 3.08. The van der Waals surface area contributed by atoms with Gasteiger partial charge in [-0.2, -0.15) is 0 Å². The Morgan fingerprint density at radius 2 is 1.38 bits per heavy atom. The number of rotatable bonds is 2. The molecule has 1 aliphatic rings. The molecule has 0 bridgehead atoms. The molecule has 0 aromatic heterocycles. The van der Waals surface area contributed by atoms with Gasteiger partial charge in [0.1, 0.15) is 0 Å². The number of carbonyl (C=O) groups excluding carboxylic acids is 1. The normalized spacial score (nSPS) is 13.2. The average molecular weight is 443 g/mol. The molecule has 0 fully saturated rings. The van der Waals surface area contributed by atoms with Gasteiger partial charge in [0.25, 0.3) is 0 Å². The van der Waals surface area contributed by atoms with Gasteiger partial charge in [-0.05, 0) is 0 Å². The molecule has 9 nitrogen and oxygen atoms in total. The Bertz CT molecular complexity index is 613. The van der Waals surface area contributed by atoms with Crippen molar-refractivity contribution in [2.45, 2.75) is 40.2 Å². The molecule has 1 amide bonds. The van der Waals surface area contributed by atoms with E-state index >= 15 is 0 Å². The molecule has 0 aromatic carbocycles. The third-order valence-electron chi connectivity index (χ3n) is 2.49. The summed E-state index contributed by atoms with van der Waals surface area (Å²) in [6, 6.07) is 0. The summed E-state index contributed by atoms with van der Waals surface area (Å²) in [7, 11) is 1.57. The van der Waals surface area contributed by atoms with Crippen LogP contribution in [-0.2, 0) is 48.6 Å². The van der Waals surface area contributed by atoms with E-state index in [9.17, 15) is 4.79 Å². The van der Waals surface area contributed by atoms with Crippen molar-refractivity contribution in [3.63, 3.8) is 0 Å². The molecule has 1 aliphatic heterocycles. The Morgan fingerprint density at radius 1 is 1.00 bits per heavy atom. The number of methoxy groups -OCH3 is 1. The monoisotopic (exact) mass is 443 g/mol. The van der Waals surface area contributed by atoms with Gasteiger partial charge in [-0.3, -0.25) is 0 Å². The van der Waals surface area contributed by atoms with Crippen LogP contribution in [0.4, 0.5) is 4.79 Å². The summed E-state index contributed by atoms with van der Waals surface area (Å²) in [6.07, 6.45) is 3.58. The Labute approximate surface area is 179 Å². The van der Waals surface area contributed by atoms with E-state index < -0.39 is 11.7 Å². The van der Waals surface area contributed by atoms with Crippen LogP contribution in [0.3, 0.4) is 0 Å². The van der Waals surface area contributed by atoms with E-state index in [-0.39, 0.29) is 5.92 Å². The van der Waals surface area contributed by atoms with Gasteiger partial charge in [-0.15, -0.1) is 0 Å². The van der Waals surface area contributed by atoms with E-state index in [1.807, 2.05) is 39.8 Å². The second kappa shape index (κ2) is 23.9. The predicted octanol–water partition coefficient (Wildman–Crippen LogP) is 2.80. The molecule has 0 saturated carbocycles. The molecule has 0 aromatic rings. The molecular formula is C19H21CrNO8. The predicted molar refractivity (Wildman–Crippen MR) is 90.7 cm³/mol. The quantitative estimate of drug-likeness (QED) is 0.479. The van der Waals surface area contributed by atoms with Crippen molar-refractivity contribution in [1.29, 1.82) is 0 Å². The molecule has 1 rings (SSSR count). The summed E-state index contributed by atoms with van der Waals surface area (Å²) in [5.74, 6) is 0.243. The fraction of sp³-hybridized carbons (Fsp3) is 0.421. The maximum absolute atomic E-state index is 12.3. The number of amides is 1. The first-order chi connectivity index (χ1) is 13.7. The molecule has 0 spiro atoms.